The molecule has 0 radical (unpaired) electrons. The molecule has 45 heavy (non-hydrogen) atoms. The van der Waals surface area contributed by atoms with Crippen LogP contribution in [0.4, 0.5) is 5.82 Å². The van der Waals surface area contributed by atoms with Gasteiger partial charge in [-0.15, -0.1) is 0 Å². The van der Waals surface area contributed by atoms with Gasteiger partial charge in [0.1, 0.15) is 30.2 Å². The van der Waals surface area contributed by atoms with Crippen molar-refractivity contribution in [3.05, 3.63) is 118 Å². The maximum absolute atomic E-state index is 13.6. The van der Waals surface area contributed by atoms with Crippen LogP contribution < -0.4 is 10.5 Å². The van der Waals surface area contributed by atoms with Crippen LogP contribution in [0.15, 0.2) is 79.0 Å². The molecule has 4 aromatic rings. The molecule has 5 atom stereocenters. The Hall–Kier alpha value is -4.65. The molecule has 11 heteroatoms. The van der Waals surface area contributed by atoms with Gasteiger partial charge in [-0.05, 0) is 35.7 Å². The molecule has 0 bridgehead atoms. The number of nitrogen functional groups attached to an aromatic ring is 1. The molecule has 2 heterocycles. The third-order valence-corrected chi connectivity index (χ3v) is 8.06. The first-order valence-corrected chi connectivity index (χ1v) is 14.5. The summed E-state index contributed by atoms with van der Waals surface area (Å²) >= 11 is 0. The second-order valence-electron chi connectivity index (χ2n) is 11.0. The number of pyridine rings is 1. The Morgan fingerprint density at radius 1 is 0.867 bits per heavy atom. The SMILES string of the molecule is Nc1cc(CCO[C@@H]2[C@@H](Oc3c(Cc4ccccc4)cc4c(c3O)C(=O)c3ccccc3C4=O)O[C@@H](CO)[C@H](O)[C@H]2O)ccn1. The quantitative estimate of drug-likeness (QED) is 0.165. The molecule has 2 aliphatic rings. The minimum atomic E-state index is -1.55. The van der Waals surface area contributed by atoms with E-state index in [1.54, 1.807) is 36.5 Å². The summed E-state index contributed by atoms with van der Waals surface area (Å²) in [4.78, 5) is 31.1. The zero-order valence-corrected chi connectivity index (χ0v) is 24.1. The molecule has 1 aromatic heterocycles. The number of aliphatic hydroxyl groups is 3. The van der Waals surface area contributed by atoms with Crippen molar-refractivity contribution in [3.63, 3.8) is 0 Å². The highest BCUT2D eigenvalue weighted by molar-refractivity contribution is 6.29. The molecule has 0 spiro atoms. The number of nitrogens with zero attached hydrogens (tertiary/aromatic N) is 1. The van der Waals surface area contributed by atoms with E-state index in [0.29, 0.717) is 17.8 Å². The van der Waals surface area contributed by atoms with Gasteiger partial charge in [-0.3, -0.25) is 9.59 Å². The van der Waals surface area contributed by atoms with E-state index in [1.807, 2.05) is 30.3 Å². The highest BCUT2D eigenvalue weighted by Crippen LogP contribution is 2.43. The number of aromatic hydroxyl groups is 1. The van der Waals surface area contributed by atoms with E-state index in [0.717, 1.165) is 11.1 Å². The van der Waals surface area contributed by atoms with E-state index in [9.17, 15) is 30.0 Å². The van der Waals surface area contributed by atoms with Crippen LogP contribution in [0.1, 0.15) is 48.5 Å². The summed E-state index contributed by atoms with van der Waals surface area (Å²) < 4.78 is 18.1. The fourth-order valence-electron chi connectivity index (χ4n) is 5.76. The first-order chi connectivity index (χ1) is 21.8. The van der Waals surface area contributed by atoms with Crippen LogP contribution in [-0.4, -0.2) is 80.9 Å². The minimum Gasteiger partial charge on any atom is -0.504 e. The summed E-state index contributed by atoms with van der Waals surface area (Å²) in [7, 11) is 0. The first-order valence-electron chi connectivity index (χ1n) is 14.5. The topological polar surface area (TPSA) is 182 Å². The van der Waals surface area contributed by atoms with Crippen molar-refractivity contribution in [2.24, 2.45) is 0 Å². The first kappa shape index (κ1) is 30.4. The van der Waals surface area contributed by atoms with Gasteiger partial charge in [0.15, 0.2) is 23.1 Å². The molecule has 6 rings (SSSR count). The standard InChI is InChI=1S/C34H32N2O9/c35-25-15-19(10-12-36-25)11-13-43-33-31(42)29(40)24(17-37)44-34(33)45-32-20(14-18-6-2-1-3-7-18)16-23-26(30(32)41)28(39)22-9-5-4-8-21(22)27(23)38/h1-10,12,15-16,24,29,31,33-34,37,40-42H,11,13-14,17H2,(H2,35,36)/t24-,29-,31+,33-,34+/m0/s1. The van der Waals surface area contributed by atoms with Crippen molar-refractivity contribution in [1.29, 1.82) is 0 Å². The van der Waals surface area contributed by atoms with Crippen LogP contribution in [-0.2, 0) is 22.3 Å². The second-order valence-corrected chi connectivity index (χ2v) is 11.0. The predicted octanol–water partition coefficient (Wildman–Crippen LogP) is 2.18. The number of hydrogen-bond acceptors (Lipinski definition) is 11. The van der Waals surface area contributed by atoms with Gasteiger partial charge in [-0.25, -0.2) is 4.98 Å². The van der Waals surface area contributed by atoms with E-state index in [-0.39, 0.29) is 41.0 Å². The van der Waals surface area contributed by atoms with E-state index < -0.39 is 54.6 Å². The molecular weight excluding hydrogens is 580 g/mol. The Balaban J connectivity index is 1.38. The number of rotatable bonds is 9. The molecule has 1 aliphatic carbocycles. The van der Waals surface area contributed by atoms with Crippen LogP contribution in [0, 0.1) is 0 Å². The zero-order valence-electron chi connectivity index (χ0n) is 24.1. The van der Waals surface area contributed by atoms with Gasteiger partial charge in [-0.2, -0.15) is 0 Å². The maximum Gasteiger partial charge on any atom is 0.229 e. The van der Waals surface area contributed by atoms with Gasteiger partial charge in [0.05, 0.1) is 18.8 Å². The number of ketones is 2. The molecule has 0 saturated carbocycles. The number of phenols is 1. The Morgan fingerprint density at radius 2 is 1.58 bits per heavy atom. The number of hydrogen-bond donors (Lipinski definition) is 5. The Kier molecular flexibility index (Phi) is 8.61. The molecular formula is C34H32N2O9. The summed E-state index contributed by atoms with van der Waals surface area (Å²) in [5, 5.41) is 43.2. The molecule has 232 valence electrons. The molecule has 1 aliphatic heterocycles. The summed E-state index contributed by atoms with van der Waals surface area (Å²) in [6, 6.07) is 20.6. The van der Waals surface area contributed by atoms with Gasteiger partial charge < -0.3 is 40.4 Å². The smallest absolute Gasteiger partial charge is 0.229 e. The van der Waals surface area contributed by atoms with E-state index in [1.165, 1.54) is 12.1 Å². The van der Waals surface area contributed by atoms with Gasteiger partial charge in [0.25, 0.3) is 0 Å². The van der Waals surface area contributed by atoms with Crippen LogP contribution in [0.25, 0.3) is 0 Å². The van der Waals surface area contributed by atoms with Crippen molar-refractivity contribution in [2.75, 3.05) is 18.9 Å². The highest BCUT2D eigenvalue weighted by atomic mass is 16.7. The number of fused-ring (bicyclic) bond motifs is 2. The van der Waals surface area contributed by atoms with Crippen molar-refractivity contribution in [1.82, 2.24) is 4.98 Å². The average Bonchev–Trinajstić information content (AvgIpc) is 3.04. The fourth-order valence-corrected chi connectivity index (χ4v) is 5.76. The van der Waals surface area contributed by atoms with Gasteiger partial charge in [0.2, 0.25) is 6.29 Å². The third-order valence-electron chi connectivity index (χ3n) is 8.06. The third kappa shape index (κ3) is 5.91. The van der Waals surface area contributed by atoms with Gasteiger partial charge in [-0.1, -0.05) is 54.6 Å². The molecule has 6 N–H and O–H groups in total. The lowest BCUT2D eigenvalue weighted by Crippen LogP contribution is -2.61. The van der Waals surface area contributed by atoms with Crippen molar-refractivity contribution in [2.45, 2.75) is 43.5 Å². The Labute approximate surface area is 258 Å². The predicted molar refractivity (Wildman–Crippen MR) is 161 cm³/mol. The molecule has 3 aromatic carbocycles. The van der Waals surface area contributed by atoms with Crippen LogP contribution in [0.2, 0.25) is 0 Å². The van der Waals surface area contributed by atoms with Gasteiger partial charge in [0, 0.05) is 34.9 Å². The van der Waals surface area contributed by atoms with Crippen LogP contribution in [0.3, 0.4) is 0 Å². The number of phenolic OH excluding ortho intramolecular Hbond substituents is 1. The van der Waals surface area contributed by atoms with Crippen molar-refractivity contribution < 1.29 is 44.2 Å². The van der Waals surface area contributed by atoms with Crippen molar-refractivity contribution >= 4 is 17.4 Å². The molecule has 11 nitrogen and oxygen atoms in total. The number of aliphatic hydroxyl groups excluding tert-OH is 3. The lowest BCUT2D eigenvalue weighted by molar-refractivity contribution is -0.287. The van der Waals surface area contributed by atoms with E-state index >= 15 is 0 Å². The number of ether oxygens (including phenoxy) is 3. The Morgan fingerprint density at radius 3 is 2.29 bits per heavy atom. The number of benzene rings is 3. The number of carbonyl (C=O) groups is 2. The normalized spacial score (nSPS) is 22.5. The van der Waals surface area contributed by atoms with E-state index in [2.05, 4.69) is 4.98 Å². The van der Waals surface area contributed by atoms with Crippen LogP contribution >= 0.6 is 0 Å². The zero-order chi connectivity index (χ0) is 31.7. The Bertz CT molecular complexity index is 1730. The van der Waals surface area contributed by atoms with Crippen molar-refractivity contribution in [3.8, 4) is 11.5 Å². The molecule has 1 fully saturated rings. The summed E-state index contributed by atoms with van der Waals surface area (Å²) in [5.41, 5.74) is 7.99. The van der Waals surface area contributed by atoms with E-state index in [4.69, 9.17) is 19.9 Å². The molecule has 1 saturated heterocycles. The minimum absolute atomic E-state index is 0.0344. The number of carbonyl (C=O) groups excluding carboxylic acids is 2. The summed E-state index contributed by atoms with van der Waals surface area (Å²) in [5.74, 6) is -1.35. The maximum atomic E-state index is 13.6. The lowest BCUT2D eigenvalue weighted by atomic mass is 9.82. The molecule has 0 amide bonds. The highest BCUT2D eigenvalue weighted by Gasteiger charge is 2.47. The number of anilines is 1. The average molecular weight is 613 g/mol. The second kappa shape index (κ2) is 12.8. The van der Waals surface area contributed by atoms with Gasteiger partial charge >= 0.3 is 0 Å². The number of nitrogens with two attached hydrogens (primary N) is 1. The number of aromatic nitrogens is 1. The van der Waals surface area contributed by atoms with Crippen LogP contribution in [0.5, 0.6) is 11.5 Å². The largest absolute Gasteiger partial charge is 0.504 e. The molecule has 0 unspecified atom stereocenters. The summed E-state index contributed by atoms with van der Waals surface area (Å²) in [6.07, 6.45) is -4.87. The fraction of sp³-hybridized carbons (Fsp3) is 0.265. The summed E-state index contributed by atoms with van der Waals surface area (Å²) in [6.45, 7) is -0.584. The lowest BCUT2D eigenvalue weighted by Gasteiger charge is -2.42. The monoisotopic (exact) mass is 612 g/mol.